The van der Waals surface area contributed by atoms with Gasteiger partial charge in [0, 0.05) is 11.1 Å². The van der Waals surface area contributed by atoms with Crippen molar-refractivity contribution in [1.29, 1.82) is 0 Å². The molecule has 1 aliphatic rings. The zero-order valence-electron chi connectivity index (χ0n) is 12.2. The number of nitrogens with zero attached hydrogens (tertiary/aromatic N) is 1. The van der Waals surface area contributed by atoms with Gasteiger partial charge in [0.15, 0.2) is 6.10 Å². The summed E-state index contributed by atoms with van der Waals surface area (Å²) < 4.78 is 5.61. The standard InChI is InChI=1S/C15H20Cl2N2O2/c1-10(21-14-4-3-11(16)9-13(14)17)15(20)18-12-5-7-19(2)8-6-12/h3-4,9-10,12H,5-8H2,1-2H3,(H,18,20)/t10-/m1/s1. The lowest BCUT2D eigenvalue weighted by molar-refractivity contribution is -0.128. The summed E-state index contributed by atoms with van der Waals surface area (Å²) in [6, 6.07) is 5.18. The minimum absolute atomic E-state index is 0.115. The highest BCUT2D eigenvalue weighted by Crippen LogP contribution is 2.28. The third kappa shape index (κ3) is 4.77. The summed E-state index contributed by atoms with van der Waals surface area (Å²) in [7, 11) is 2.09. The van der Waals surface area contributed by atoms with Crippen LogP contribution in [0.5, 0.6) is 5.75 Å². The molecule has 0 bridgehead atoms. The Morgan fingerprint density at radius 1 is 1.38 bits per heavy atom. The number of benzene rings is 1. The van der Waals surface area contributed by atoms with Gasteiger partial charge < -0.3 is 15.0 Å². The van der Waals surface area contributed by atoms with Crippen LogP contribution in [0.2, 0.25) is 10.0 Å². The van der Waals surface area contributed by atoms with Crippen molar-refractivity contribution in [3.63, 3.8) is 0 Å². The van der Waals surface area contributed by atoms with Crippen LogP contribution in [0, 0.1) is 0 Å². The van der Waals surface area contributed by atoms with E-state index in [1.54, 1.807) is 25.1 Å². The Morgan fingerprint density at radius 2 is 2.05 bits per heavy atom. The number of rotatable bonds is 4. The molecular weight excluding hydrogens is 311 g/mol. The van der Waals surface area contributed by atoms with E-state index in [4.69, 9.17) is 27.9 Å². The van der Waals surface area contributed by atoms with Crippen LogP contribution in [-0.2, 0) is 4.79 Å². The quantitative estimate of drug-likeness (QED) is 0.922. The fourth-order valence-electron chi connectivity index (χ4n) is 2.29. The fraction of sp³-hybridized carbons (Fsp3) is 0.533. The Balaban J connectivity index is 1.87. The lowest BCUT2D eigenvalue weighted by atomic mass is 10.1. The van der Waals surface area contributed by atoms with Gasteiger partial charge in [-0.25, -0.2) is 0 Å². The summed E-state index contributed by atoms with van der Waals surface area (Å²) in [5.41, 5.74) is 0. The van der Waals surface area contributed by atoms with E-state index < -0.39 is 6.10 Å². The van der Waals surface area contributed by atoms with Crippen LogP contribution in [-0.4, -0.2) is 43.1 Å². The maximum absolute atomic E-state index is 12.2. The van der Waals surface area contributed by atoms with E-state index in [1.165, 1.54) is 0 Å². The van der Waals surface area contributed by atoms with Crippen LogP contribution in [0.25, 0.3) is 0 Å². The zero-order valence-corrected chi connectivity index (χ0v) is 13.7. The second kappa shape index (κ2) is 7.34. The molecule has 1 aromatic rings. The highest BCUT2D eigenvalue weighted by atomic mass is 35.5. The molecule has 1 heterocycles. The summed E-state index contributed by atoms with van der Waals surface area (Å²) >= 11 is 11.9. The smallest absolute Gasteiger partial charge is 0.260 e. The van der Waals surface area contributed by atoms with Crippen molar-refractivity contribution in [2.45, 2.75) is 31.9 Å². The first kappa shape index (κ1) is 16.4. The van der Waals surface area contributed by atoms with E-state index in [9.17, 15) is 4.79 Å². The van der Waals surface area contributed by atoms with E-state index in [2.05, 4.69) is 17.3 Å². The van der Waals surface area contributed by atoms with Crippen LogP contribution >= 0.6 is 23.2 Å². The first-order chi connectivity index (χ1) is 9.95. The van der Waals surface area contributed by atoms with Crippen molar-refractivity contribution in [1.82, 2.24) is 10.2 Å². The molecule has 1 amide bonds. The molecule has 6 heteroatoms. The topological polar surface area (TPSA) is 41.6 Å². The van der Waals surface area contributed by atoms with E-state index in [0.29, 0.717) is 15.8 Å². The lowest BCUT2D eigenvalue weighted by Crippen LogP contribution is -2.47. The Labute approximate surface area is 135 Å². The molecule has 2 rings (SSSR count). The van der Waals surface area contributed by atoms with Crippen LogP contribution in [0.3, 0.4) is 0 Å². The van der Waals surface area contributed by atoms with E-state index in [-0.39, 0.29) is 11.9 Å². The van der Waals surface area contributed by atoms with Crippen molar-refractivity contribution in [3.05, 3.63) is 28.2 Å². The molecule has 21 heavy (non-hydrogen) atoms. The molecule has 116 valence electrons. The number of amides is 1. The van der Waals surface area contributed by atoms with Crippen LogP contribution in [0.1, 0.15) is 19.8 Å². The van der Waals surface area contributed by atoms with Gasteiger partial charge in [-0.15, -0.1) is 0 Å². The third-order valence-corrected chi connectivity index (χ3v) is 4.16. The van der Waals surface area contributed by atoms with E-state index in [0.717, 1.165) is 25.9 Å². The van der Waals surface area contributed by atoms with Crippen molar-refractivity contribution < 1.29 is 9.53 Å². The first-order valence-corrected chi connectivity index (χ1v) is 7.82. The average molecular weight is 331 g/mol. The molecule has 1 saturated heterocycles. The predicted molar refractivity (Wildman–Crippen MR) is 85.2 cm³/mol. The van der Waals surface area contributed by atoms with E-state index >= 15 is 0 Å². The van der Waals surface area contributed by atoms with Gasteiger partial charge >= 0.3 is 0 Å². The molecule has 0 radical (unpaired) electrons. The molecule has 0 unspecified atom stereocenters. The molecule has 0 spiro atoms. The van der Waals surface area contributed by atoms with E-state index in [1.807, 2.05) is 0 Å². The van der Waals surface area contributed by atoms with Gasteiger partial charge in [-0.3, -0.25) is 4.79 Å². The summed E-state index contributed by atoms with van der Waals surface area (Å²) in [6.45, 7) is 3.72. The molecule has 1 fully saturated rings. The number of ether oxygens (including phenoxy) is 1. The Bertz CT molecular complexity index is 502. The molecule has 0 aliphatic carbocycles. The SMILES string of the molecule is C[C@@H](Oc1ccc(Cl)cc1Cl)C(=O)NC1CCN(C)CC1. The van der Waals surface area contributed by atoms with Gasteiger partial charge in [0.2, 0.25) is 0 Å². The van der Waals surface area contributed by atoms with Gasteiger partial charge in [-0.2, -0.15) is 0 Å². The largest absolute Gasteiger partial charge is 0.479 e. The van der Waals surface area contributed by atoms with Crippen molar-refractivity contribution in [2.24, 2.45) is 0 Å². The number of carbonyl (C=O) groups excluding carboxylic acids is 1. The number of piperidine rings is 1. The molecular formula is C15H20Cl2N2O2. The van der Waals surface area contributed by atoms with Crippen molar-refractivity contribution >= 4 is 29.1 Å². The zero-order chi connectivity index (χ0) is 15.4. The van der Waals surface area contributed by atoms with Gasteiger partial charge in [0.05, 0.1) is 5.02 Å². The summed E-state index contributed by atoms with van der Waals surface area (Å²) in [4.78, 5) is 14.4. The number of likely N-dealkylation sites (tertiary alicyclic amines) is 1. The maximum Gasteiger partial charge on any atom is 0.260 e. The summed E-state index contributed by atoms with van der Waals surface area (Å²) in [5.74, 6) is 0.350. The first-order valence-electron chi connectivity index (χ1n) is 7.06. The van der Waals surface area contributed by atoms with Crippen molar-refractivity contribution in [2.75, 3.05) is 20.1 Å². The number of carbonyl (C=O) groups is 1. The van der Waals surface area contributed by atoms with Gasteiger partial charge in [0.1, 0.15) is 5.75 Å². The van der Waals surface area contributed by atoms with Gasteiger partial charge in [-0.05, 0) is 58.1 Å². The molecule has 1 N–H and O–H groups in total. The molecule has 0 aromatic heterocycles. The molecule has 0 saturated carbocycles. The number of halogens is 2. The molecule has 1 atom stereocenters. The maximum atomic E-state index is 12.2. The second-order valence-corrected chi connectivity index (χ2v) is 6.26. The average Bonchev–Trinajstić information content (AvgIpc) is 2.44. The summed E-state index contributed by atoms with van der Waals surface area (Å²) in [5, 5.41) is 3.97. The minimum atomic E-state index is -0.594. The van der Waals surface area contributed by atoms with Crippen LogP contribution in [0.4, 0.5) is 0 Å². The number of hydrogen-bond donors (Lipinski definition) is 1. The predicted octanol–water partition coefficient (Wildman–Crippen LogP) is 2.97. The molecule has 1 aliphatic heterocycles. The highest BCUT2D eigenvalue weighted by Gasteiger charge is 2.22. The lowest BCUT2D eigenvalue weighted by Gasteiger charge is -2.30. The Morgan fingerprint density at radius 3 is 2.67 bits per heavy atom. The fourth-order valence-corrected chi connectivity index (χ4v) is 2.74. The van der Waals surface area contributed by atoms with Crippen LogP contribution in [0.15, 0.2) is 18.2 Å². The Kier molecular flexibility index (Phi) is 5.73. The number of hydrogen-bond acceptors (Lipinski definition) is 3. The van der Waals surface area contributed by atoms with Gasteiger partial charge in [0.25, 0.3) is 5.91 Å². The monoisotopic (exact) mass is 330 g/mol. The normalized spacial score (nSPS) is 18.3. The third-order valence-electron chi connectivity index (χ3n) is 3.63. The van der Waals surface area contributed by atoms with Crippen LogP contribution < -0.4 is 10.1 Å². The molecule has 4 nitrogen and oxygen atoms in total. The van der Waals surface area contributed by atoms with Crippen molar-refractivity contribution in [3.8, 4) is 5.75 Å². The summed E-state index contributed by atoms with van der Waals surface area (Å²) in [6.07, 6.45) is 1.34. The molecule has 1 aromatic carbocycles. The minimum Gasteiger partial charge on any atom is -0.479 e. The second-order valence-electron chi connectivity index (χ2n) is 5.42. The highest BCUT2D eigenvalue weighted by molar-refractivity contribution is 6.35. The van der Waals surface area contributed by atoms with Gasteiger partial charge in [-0.1, -0.05) is 23.2 Å². The number of nitrogens with one attached hydrogen (secondary N) is 1. The Hall–Kier alpha value is -0.970.